The fourth-order valence-electron chi connectivity index (χ4n) is 2.52. The van der Waals surface area contributed by atoms with E-state index in [4.69, 9.17) is 10.5 Å². The van der Waals surface area contributed by atoms with Crippen molar-refractivity contribution in [1.82, 2.24) is 5.32 Å². The smallest absolute Gasteiger partial charge is 0.121 e. The maximum atomic E-state index is 5.69. The Hall–Kier alpha value is -1.06. The molecule has 1 heterocycles. The number of nitrogens with two attached hydrogens (primary N) is 1. The first kappa shape index (κ1) is 12.4. The maximum absolute atomic E-state index is 5.69. The van der Waals surface area contributed by atoms with Crippen LogP contribution in [-0.4, -0.2) is 20.2 Å². The molecule has 0 radical (unpaired) electrons. The summed E-state index contributed by atoms with van der Waals surface area (Å²) in [5, 5.41) is 3.58. The summed E-state index contributed by atoms with van der Waals surface area (Å²) < 4.78 is 5.28. The highest BCUT2D eigenvalue weighted by Crippen LogP contribution is 2.28. The van der Waals surface area contributed by atoms with Crippen LogP contribution in [0.5, 0.6) is 5.75 Å². The topological polar surface area (TPSA) is 47.3 Å². The number of ether oxygens (including phenoxy) is 1. The number of benzene rings is 1. The molecule has 1 aromatic carbocycles. The van der Waals surface area contributed by atoms with Crippen molar-refractivity contribution in [1.29, 1.82) is 0 Å². The second-order valence-corrected chi connectivity index (χ2v) is 4.87. The first-order chi connectivity index (χ1) is 8.24. The normalized spacial score (nSPS) is 24.6. The fraction of sp³-hybridized carbons (Fsp3) is 0.571. The lowest BCUT2D eigenvalue weighted by atomic mass is 9.90. The van der Waals surface area contributed by atoms with Crippen LogP contribution in [0, 0.1) is 12.8 Å². The van der Waals surface area contributed by atoms with Crippen molar-refractivity contribution in [2.45, 2.75) is 25.8 Å². The van der Waals surface area contributed by atoms with Crippen LogP contribution in [0.4, 0.5) is 0 Å². The summed E-state index contributed by atoms with van der Waals surface area (Å²) in [5.41, 5.74) is 8.25. The van der Waals surface area contributed by atoms with E-state index in [1.54, 1.807) is 7.11 Å². The van der Waals surface area contributed by atoms with Gasteiger partial charge in [0.1, 0.15) is 5.75 Å². The summed E-state index contributed by atoms with van der Waals surface area (Å²) in [4.78, 5) is 0. The molecule has 2 unspecified atom stereocenters. The lowest BCUT2D eigenvalue weighted by Crippen LogP contribution is -2.36. The Bertz CT molecular complexity index is 370. The van der Waals surface area contributed by atoms with Gasteiger partial charge >= 0.3 is 0 Å². The molecule has 1 aromatic rings. The van der Waals surface area contributed by atoms with E-state index in [1.807, 2.05) is 0 Å². The van der Waals surface area contributed by atoms with Gasteiger partial charge in [-0.15, -0.1) is 0 Å². The van der Waals surface area contributed by atoms with Crippen molar-refractivity contribution in [2.24, 2.45) is 11.7 Å². The summed E-state index contributed by atoms with van der Waals surface area (Å²) in [6, 6.07) is 6.91. The Labute approximate surface area is 103 Å². The van der Waals surface area contributed by atoms with Gasteiger partial charge in [-0.1, -0.05) is 12.1 Å². The molecular weight excluding hydrogens is 212 g/mol. The van der Waals surface area contributed by atoms with Crippen LogP contribution in [0.25, 0.3) is 0 Å². The van der Waals surface area contributed by atoms with Crippen LogP contribution in [0.15, 0.2) is 18.2 Å². The molecule has 3 N–H and O–H groups in total. The van der Waals surface area contributed by atoms with E-state index in [9.17, 15) is 0 Å². The first-order valence-corrected chi connectivity index (χ1v) is 6.32. The van der Waals surface area contributed by atoms with E-state index in [0.29, 0.717) is 12.0 Å². The van der Waals surface area contributed by atoms with Gasteiger partial charge in [0.2, 0.25) is 0 Å². The number of rotatable bonds is 3. The minimum absolute atomic E-state index is 0.474. The molecular formula is C14H22N2O. The first-order valence-electron chi connectivity index (χ1n) is 6.32. The van der Waals surface area contributed by atoms with E-state index >= 15 is 0 Å². The Morgan fingerprint density at radius 1 is 1.41 bits per heavy atom. The second-order valence-electron chi connectivity index (χ2n) is 4.87. The highest BCUT2D eigenvalue weighted by Gasteiger charge is 2.20. The molecule has 1 saturated heterocycles. The maximum Gasteiger partial charge on any atom is 0.121 e. The molecule has 2 atom stereocenters. The third kappa shape index (κ3) is 2.79. The van der Waals surface area contributed by atoms with E-state index in [0.717, 1.165) is 18.8 Å². The molecule has 3 heteroatoms. The fourth-order valence-corrected chi connectivity index (χ4v) is 2.52. The molecule has 0 spiro atoms. The largest absolute Gasteiger partial charge is 0.496 e. The summed E-state index contributed by atoms with van der Waals surface area (Å²) in [7, 11) is 1.71. The van der Waals surface area contributed by atoms with Crippen LogP contribution in [0.2, 0.25) is 0 Å². The molecule has 1 aliphatic heterocycles. The highest BCUT2D eigenvalue weighted by molar-refractivity contribution is 5.37. The van der Waals surface area contributed by atoms with Crippen LogP contribution >= 0.6 is 0 Å². The van der Waals surface area contributed by atoms with E-state index in [1.165, 1.54) is 24.0 Å². The van der Waals surface area contributed by atoms with Crippen molar-refractivity contribution >= 4 is 0 Å². The molecule has 1 aliphatic rings. The van der Waals surface area contributed by atoms with E-state index in [2.05, 4.69) is 30.4 Å². The summed E-state index contributed by atoms with van der Waals surface area (Å²) in [6.07, 6.45) is 2.40. The zero-order valence-corrected chi connectivity index (χ0v) is 10.7. The van der Waals surface area contributed by atoms with Gasteiger partial charge in [-0.3, -0.25) is 0 Å². The number of hydrogen-bond acceptors (Lipinski definition) is 3. The lowest BCUT2D eigenvalue weighted by Gasteiger charge is -2.29. The lowest BCUT2D eigenvalue weighted by molar-refractivity contribution is 0.320. The second kappa shape index (κ2) is 5.52. The molecule has 0 bridgehead atoms. The molecule has 3 nitrogen and oxygen atoms in total. The third-order valence-corrected chi connectivity index (χ3v) is 3.67. The Morgan fingerprint density at radius 2 is 2.24 bits per heavy atom. The molecule has 1 fully saturated rings. The Kier molecular flexibility index (Phi) is 4.02. The summed E-state index contributed by atoms with van der Waals surface area (Å²) >= 11 is 0. The van der Waals surface area contributed by atoms with Crippen molar-refractivity contribution in [2.75, 3.05) is 20.2 Å². The molecule has 0 saturated carbocycles. The summed E-state index contributed by atoms with van der Waals surface area (Å²) in [5.74, 6) is 1.61. The SMILES string of the molecule is COc1ccc(C2CCC(CN)CN2)cc1C. The van der Waals surface area contributed by atoms with Gasteiger partial charge in [0, 0.05) is 6.04 Å². The van der Waals surface area contributed by atoms with Crippen LogP contribution in [0.3, 0.4) is 0 Å². The van der Waals surface area contributed by atoms with Crippen LogP contribution in [-0.2, 0) is 0 Å². The average Bonchev–Trinajstić information content (AvgIpc) is 2.39. The minimum Gasteiger partial charge on any atom is -0.496 e. The minimum atomic E-state index is 0.474. The standard InChI is InChI=1S/C14H22N2O/c1-10-7-12(4-6-14(10)17-2)13-5-3-11(8-15)9-16-13/h4,6-7,11,13,16H,3,5,8-9,15H2,1-2H3. The van der Waals surface area contributed by atoms with Gasteiger partial charge in [0.05, 0.1) is 7.11 Å². The Morgan fingerprint density at radius 3 is 2.76 bits per heavy atom. The monoisotopic (exact) mass is 234 g/mol. The van der Waals surface area contributed by atoms with E-state index < -0.39 is 0 Å². The number of nitrogens with one attached hydrogen (secondary N) is 1. The number of methoxy groups -OCH3 is 1. The zero-order chi connectivity index (χ0) is 12.3. The van der Waals surface area contributed by atoms with Gasteiger partial charge in [-0.2, -0.15) is 0 Å². The predicted octanol–water partition coefficient (Wildman–Crippen LogP) is 2.00. The molecule has 0 aromatic heterocycles. The van der Waals surface area contributed by atoms with E-state index in [-0.39, 0.29) is 0 Å². The Balaban J connectivity index is 2.06. The van der Waals surface area contributed by atoms with Crippen LogP contribution in [0.1, 0.15) is 30.0 Å². The quantitative estimate of drug-likeness (QED) is 0.841. The number of aryl methyl sites for hydroxylation is 1. The van der Waals surface area contributed by atoms with Crippen molar-refractivity contribution in [3.8, 4) is 5.75 Å². The highest BCUT2D eigenvalue weighted by atomic mass is 16.5. The zero-order valence-electron chi connectivity index (χ0n) is 10.7. The average molecular weight is 234 g/mol. The predicted molar refractivity (Wildman–Crippen MR) is 70.3 cm³/mol. The van der Waals surface area contributed by atoms with Gasteiger partial charge in [-0.05, 0) is 56.0 Å². The van der Waals surface area contributed by atoms with Crippen molar-refractivity contribution in [3.63, 3.8) is 0 Å². The van der Waals surface area contributed by atoms with Gasteiger partial charge in [-0.25, -0.2) is 0 Å². The molecule has 94 valence electrons. The van der Waals surface area contributed by atoms with Gasteiger partial charge < -0.3 is 15.8 Å². The number of piperidine rings is 1. The van der Waals surface area contributed by atoms with Gasteiger partial charge in [0.15, 0.2) is 0 Å². The molecule has 17 heavy (non-hydrogen) atoms. The molecule has 0 amide bonds. The molecule has 2 rings (SSSR count). The number of hydrogen-bond donors (Lipinski definition) is 2. The molecule has 0 aliphatic carbocycles. The van der Waals surface area contributed by atoms with Crippen LogP contribution < -0.4 is 15.8 Å². The third-order valence-electron chi connectivity index (χ3n) is 3.67. The van der Waals surface area contributed by atoms with Crippen molar-refractivity contribution < 1.29 is 4.74 Å². The van der Waals surface area contributed by atoms with Gasteiger partial charge in [0.25, 0.3) is 0 Å². The summed E-state index contributed by atoms with van der Waals surface area (Å²) in [6.45, 7) is 3.92. The van der Waals surface area contributed by atoms with Crippen molar-refractivity contribution in [3.05, 3.63) is 29.3 Å².